The van der Waals surface area contributed by atoms with Gasteiger partial charge in [-0.05, 0) is 92.3 Å². The first-order valence-electron chi connectivity index (χ1n) is 12.5. The van der Waals surface area contributed by atoms with Crippen LogP contribution in [-0.4, -0.2) is 28.9 Å². The number of ketones is 1. The summed E-state index contributed by atoms with van der Waals surface area (Å²) in [7, 11) is 0. The minimum Gasteiger partial charge on any atom is -0.481 e. The molecule has 0 aromatic carbocycles. The molecule has 4 fully saturated rings. The smallest absolute Gasteiger partial charge is 0.303 e. The number of carbonyl (C=O) groups is 3. The SMILES string of the molecule is CC(=O)O[C@@H]1CCC2(C)C3CC(=O)C4(C)C(C(C)CCC(=O)O)CCC4C3CC[C@@H]2C1. The third-order valence-corrected chi connectivity index (χ3v) is 10.4. The fourth-order valence-electron chi connectivity index (χ4n) is 8.76. The number of carbonyl (C=O) groups excluding carboxylic acids is 2. The van der Waals surface area contributed by atoms with E-state index in [1.54, 1.807) is 0 Å². The number of hydrogen-bond donors (Lipinski definition) is 1. The summed E-state index contributed by atoms with van der Waals surface area (Å²) in [6.45, 7) is 8.29. The zero-order chi connectivity index (χ0) is 22.6. The van der Waals surface area contributed by atoms with Gasteiger partial charge in [-0.25, -0.2) is 0 Å². The Kier molecular flexibility index (Phi) is 6.02. The highest BCUT2D eigenvalue weighted by Gasteiger charge is 2.64. The van der Waals surface area contributed by atoms with E-state index in [2.05, 4.69) is 20.8 Å². The average molecular weight is 433 g/mol. The maximum atomic E-state index is 13.7. The van der Waals surface area contributed by atoms with Crippen LogP contribution in [0.2, 0.25) is 0 Å². The first kappa shape index (κ1) is 22.8. The van der Waals surface area contributed by atoms with Crippen molar-refractivity contribution in [3.05, 3.63) is 0 Å². The first-order valence-corrected chi connectivity index (χ1v) is 12.5. The molecule has 7 unspecified atom stereocenters. The molecule has 0 saturated heterocycles. The molecule has 0 amide bonds. The Morgan fingerprint density at radius 2 is 1.87 bits per heavy atom. The Morgan fingerprint density at radius 1 is 1.13 bits per heavy atom. The summed E-state index contributed by atoms with van der Waals surface area (Å²) in [6.07, 6.45) is 9.04. The van der Waals surface area contributed by atoms with E-state index in [9.17, 15) is 14.4 Å². The average Bonchev–Trinajstić information content (AvgIpc) is 3.06. The molecule has 5 heteroatoms. The van der Waals surface area contributed by atoms with Gasteiger partial charge < -0.3 is 9.84 Å². The highest BCUT2D eigenvalue weighted by molar-refractivity contribution is 5.87. The summed E-state index contributed by atoms with van der Waals surface area (Å²) < 4.78 is 5.56. The number of hydrogen-bond acceptors (Lipinski definition) is 4. The van der Waals surface area contributed by atoms with E-state index in [-0.39, 0.29) is 35.2 Å². The summed E-state index contributed by atoms with van der Waals surface area (Å²) in [6, 6.07) is 0. The summed E-state index contributed by atoms with van der Waals surface area (Å²) >= 11 is 0. The highest BCUT2D eigenvalue weighted by Crippen LogP contribution is 2.67. The minimum absolute atomic E-state index is 0.0441. The number of fused-ring (bicyclic) bond motifs is 5. The Hall–Kier alpha value is -1.39. The summed E-state index contributed by atoms with van der Waals surface area (Å²) in [4.78, 5) is 36.3. The fourth-order valence-corrected chi connectivity index (χ4v) is 8.76. The van der Waals surface area contributed by atoms with Gasteiger partial charge >= 0.3 is 11.9 Å². The van der Waals surface area contributed by atoms with Crippen LogP contribution in [0.4, 0.5) is 0 Å². The summed E-state index contributed by atoms with van der Waals surface area (Å²) in [5.41, 5.74) is -0.110. The van der Waals surface area contributed by atoms with Gasteiger partial charge in [0.1, 0.15) is 11.9 Å². The first-order chi connectivity index (χ1) is 14.6. The number of carboxylic acids is 1. The van der Waals surface area contributed by atoms with Crippen LogP contribution in [-0.2, 0) is 19.1 Å². The van der Waals surface area contributed by atoms with E-state index in [0.29, 0.717) is 48.2 Å². The van der Waals surface area contributed by atoms with Crippen LogP contribution in [0.1, 0.15) is 91.9 Å². The molecule has 4 aliphatic rings. The molecule has 0 aliphatic heterocycles. The highest BCUT2D eigenvalue weighted by atomic mass is 16.5. The van der Waals surface area contributed by atoms with Crippen LogP contribution >= 0.6 is 0 Å². The second-order valence-electron chi connectivity index (χ2n) is 11.7. The molecule has 4 rings (SSSR count). The lowest BCUT2D eigenvalue weighted by Gasteiger charge is -2.60. The number of carboxylic acid groups (broad SMARTS) is 1. The van der Waals surface area contributed by atoms with Gasteiger partial charge in [0.2, 0.25) is 0 Å². The van der Waals surface area contributed by atoms with Gasteiger partial charge in [-0.3, -0.25) is 14.4 Å². The van der Waals surface area contributed by atoms with E-state index in [4.69, 9.17) is 9.84 Å². The predicted octanol–water partition coefficient (Wildman–Crippen LogP) is 5.26. The lowest BCUT2D eigenvalue weighted by atomic mass is 9.44. The Bertz CT molecular complexity index is 746. The molecule has 0 aromatic rings. The van der Waals surface area contributed by atoms with Crippen molar-refractivity contribution in [1.82, 2.24) is 0 Å². The van der Waals surface area contributed by atoms with Crippen molar-refractivity contribution in [2.24, 2.45) is 46.3 Å². The zero-order valence-electron chi connectivity index (χ0n) is 19.7. The molecule has 5 nitrogen and oxygen atoms in total. The van der Waals surface area contributed by atoms with Gasteiger partial charge in [-0.15, -0.1) is 0 Å². The van der Waals surface area contributed by atoms with E-state index >= 15 is 0 Å². The molecule has 0 spiro atoms. The van der Waals surface area contributed by atoms with Gasteiger partial charge in [0.05, 0.1) is 0 Å². The number of ether oxygens (including phenoxy) is 1. The van der Waals surface area contributed by atoms with Crippen molar-refractivity contribution in [3.63, 3.8) is 0 Å². The summed E-state index contributed by atoms with van der Waals surface area (Å²) in [5, 5.41) is 9.12. The maximum Gasteiger partial charge on any atom is 0.303 e. The molecule has 4 saturated carbocycles. The van der Waals surface area contributed by atoms with Crippen molar-refractivity contribution in [2.45, 2.75) is 98.0 Å². The van der Waals surface area contributed by atoms with Crippen LogP contribution < -0.4 is 0 Å². The van der Waals surface area contributed by atoms with Crippen molar-refractivity contribution in [2.75, 3.05) is 0 Å². The molecule has 4 aliphatic carbocycles. The number of Topliss-reactive ketones (excluding diaryl/α,β-unsaturated/α-hetero) is 1. The Balaban J connectivity index is 1.52. The van der Waals surface area contributed by atoms with Gasteiger partial charge in [0, 0.05) is 25.2 Å². The van der Waals surface area contributed by atoms with E-state index in [1.807, 2.05) is 0 Å². The maximum absolute atomic E-state index is 13.7. The molecule has 31 heavy (non-hydrogen) atoms. The number of esters is 1. The Labute approximate surface area is 186 Å². The second kappa shape index (κ2) is 8.19. The molecule has 1 N–H and O–H groups in total. The predicted molar refractivity (Wildman–Crippen MR) is 117 cm³/mol. The Morgan fingerprint density at radius 3 is 2.55 bits per heavy atom. The molecule has 0 aromatic heterocycles. The van der Waals surface area contributed by atoms with E-state index < -0.39 is 5.97 Å². The van der Waals surface area contributed by atoms with E-state index in [0.717, 1.165) is 32.1 Å². The van der Waals surface area contributed by atoms with Crippen LogP contribution in [0, 0.1) is 46.3 Å². The van der Waals surface area contributed by atoms with Crippen molar-refractivity contribution in [3.8, 4) is 0 Å². The lowest BCUT2D eigenvalue weighted by Crippen LogP contribution is -2.57. The lowest BCUT2D eigenvalue weighted by molar-refractivity contribution is -0.167. The molecule has 0 bridgehead atoms. The second-order valence-corrected chi connectivity index (χ2v) is 11.7. The van der Waals surface area contributed by atoms with Gasteiger partial charge in [0.15, 0.2) is 0 Å². The minimum atomic E-state index is -0.739. The van der Waals surface area contributed by atoms with E-state index in [1.165, 1.54) is 19.8 Å². The number of aliphatic carboxylic acids is 1. The third kappa shape index (κ3) is 3.74. The quantitative estimate of drug-likeness (QED) is 0.600. The molecule has 174 valence electrons. The molecular weight excluding hydrogens is 392 g/mol. The topological polar surface area (TPSA) is 80.7 Å². The van der Waals surface area contributed by atoms with Crippen LogP contribution in [0.15, 0.2) is 0 Å². The van der Waals surface area contributed by atoms with Crippen LogP contribution in [0.25, 0.3) is 0 Å². The molecule has 0 heterocycles. The van der Waals surface area contributed by atoms with Crippen LogP contribution in [0.3, 0.4) is 0 Å². The van der Waals surface area contributed by atoms with Gasteiger partial charge in [-0.1, -0.05) is 20.8 Å². The normalized spacial score (nSPS) is 45.2. The largest absolute Gasteiger partial charge is 0.481 e. The molecular formula is C26H40O5. The monoisotopic (exact) mass is 432 g/mol. The third-order valence-electron chi connectivity index (χ3n) is 10.4. The zero-order valence-corrected chi connectivity index (χ0v) is 19.7. The summed E-state index contributed by atoms with van der Waals surface area (Å²) in [5.74, 6) is 2.14. The standard InChI is InChI=1S/C26H40O5/c1-15(5-10-24(29)30)20-8-9-21-19-7-6-17-13-18(31-16(2)27)11-12-25(17,3)22(19)14-23(28)26(20,21)4/h15,17-22H,5-14H2,1-4H3,(H,29,30)/t15?,17-,18-,19?,20?,21?,22?,25?,26?/m1/s1. The van der Waals surface area contributed by atoms with Gasteiger partial charge in [0.25, 0.3) is 0 Å². The van der Waals surface area contributed by atoms with Crippen molar-refractivity contribution >= 4 is 17.7 Å². The van der Waals surface area contributed by atoms with Crippen LogP contribution in [0.5, 0.6) is 0 Å². The van der Waals surface area contributed by atoms with Crippen molar-refractivity contribution < 1.29 is 24.2 Å². The molecule has 9 atom stereocenters. The molecule has 0 radical (unpaired) electrons. The fraction of sp³-hybridized carbons (Fsp3) is 0.885. The van der Waals surface area contributed by atoms with Crippen molar-refractivity contribution in [1.29, 1.82) is 0 Å². The van der Waals surface area contributed by atoms with Gasteiger partial charge in [-0.2, -0.15) is 0 Å². The number of rotatable bonds is 5.